The zero-order chi connectivity index (χ0) is 19.2. The number of amides is 1. The van der Waals surface area contributed by atoms with Gasteiger partial charge in [0.2, 0.25) is 0 Å². The molecule has 1 aliphatic heterocycles. The van der Waals surface area contributed by atoms with Crippen molar-refractivity contribution in [2.75, 3.05) is 26.7 Å². The normalized spacial score (nSPS) is 17.0. The molecule has 1 fully saturated rings. The topological polar surface area (TPSA) is 71.0 Å². The van der Waals surface area contributed by atoms with Crippen LogP contribution < -0.4 is 10.1 Å². The SMILES string of the molecule is COc1ccc(CNCC(O)C2CCN(C(=O)OC(C)(C)C)CC2)cc1. The lowest BCUT2D eigenvalue weighted by Gasteiger charge is -2.35. The summed E-state index contributed by atoms with van der Waals surface area (Å²) in [5.74, 6) is 1.04. The molecule has 1 atom stereocenters. The number of ether oxygens (including phenoxy) is 2. The first-order valence-corrected chi connectivity index (χ1v) is 9.28. The van der Waals surface area contributed by atoms with Crippen molar-refractivity contribution >= 4 is 6.09 Å². The van der Waals surface area contributed by atoms with Crippen molar-refractivity contribution in [2.45, 2.75) is 51.9 Å². The van der Waals surface area contributed by atoms with Gasteiger partial charge in [-0.2, -0.15) is 0 Å². The smallest absolute Gasteiger partial charge is 0.410 e. The third kappa shape index (κ3) is 6.50. The summed E-state index contributed by atoms with van der Waals surface area (Å²) in [6.07, 6.45) is 0.923. The Labute approximate surface area is 156 Å². The molecule has 0 aromatic heterocycles. The minimum Gasteiger partial charge on any atom is -0.497 e. The molecule has 146 valence electrons. The van der Waals surface area contributed by atoms with E-state index in [0.717, 1.165) is 24.2 Å². The predicted molar refractivity (Wildman–Crippen MR) is 101 cm³/mol. The van der Waals surface area contributed by atoms with Crippen LogP contribution in [0.2, 0.25) is 0 Å². The molecule has 2 N–H and O–H groups in total. The van der Waals surface area contributed by atoms with Crippen LogP contribution in [-0.2, 0) is 11.3 Å². The van der Waals surface area contributed by atoms with Gasteiger partial charge in [0, 0.05) is 26.2 Å². The van der Waals surface area contributed by atoms with E-state index < -0.39 is 11.7 Å². The van der Waals surface area contributed by atoms with E-state index in [1.54, 1.807) is 12.0 Å². The third-order valence-electron chi connectivity index (χ3n) is 4.58. The molecule has 0 saturated carbocycles. The van der Waals surface area contributed by atoms with Gasteiger partial charge in [0.25, 0.3) is 0 Å². The summed E-state index contributed by atoms with van der Waals surface area (Å²) in [6.45, 7) is 8.13. The number of aliphatic hydroxyl groups is 1. The quantitative estimate of drug-likeness (QED) is 0.812. The van der Waals surface area contributed by atoms with Crippen LogP contribution in [0.15, 0.2) is 24.3 Å². The summed E-state index contributed by atoms with van der Waals surface area (Å²) in [4.78, 5) is 13.8. The third-order valence-corrected chi connectivity index (χ3v) is 4.58. The Balaban J connectivity index is 1.69. The Morgan fingerprint density at radius 2 is 1.88 bits per heavy atom. The van der Waals surface area contributed by atoms with Gasteiger partial charge in [0.1, 0.15) is 11.4 Å². The van der Waals surface area contributed by atoms with Crippen LogP contribution in [-0.4, -0.2) is 54.5 Å². The van der Waals surface area contributed by atoms with Crippen molar-refractivity contribution in [3.8, 4) is 5.75 Å². The fourth-order valence-electron chi connectivity index (χ4n) is 3.07. The molecule has 1 saturated heterocycles. The van der Waals surface area contributed by atoms with Crippen molar-refractivity contribution in [2.24, 2.45) is 5.92 Å². The van der Waals surface area contributed by atoms with Gasteiger partial charge in [-0.15, -0.1) is 0 Å². The molecule has 0 aliphatic carbocycles. The van der Waals surface area contributed by atoms with Crippen molar-refractivity contribution < 1.29 is 19.4 Å². The van der Waals surface area contributed by atoms with Gasteiger partial charge >= 0.3 is 6.09 Å². The lowest BCUT2D eigenvalue weighted by molar-refractivity contribution is 0.00805. The van der Waals surface area contributed by atoms with Crippen molar-refractivity contribution in [3.63, 3.8) is 0 Å². The summed E-state index contributed by atoms with van der Waals surface area (Å²) in [7, 11) is 1.65. The number of nitrogens with one attached hydrogen (secondary N) is 1. The fourth-order valence-corrected chi connectivity index (χ4v) is 3.07. The van der Waals surface area contributed by atoms with Crippen molar-refractivity contribution in [1.29, 1.82) is 0 Å². The highest BCUT2D eigenvalue weighted by Gasteiger charge is 2.29. The molecule has 6 nitrogen and oxygen atoms in total. The predicted octanol–water partition coefficient (Wildman–Crippen LogP) is 2.79. The van der Waals surface area contributed by atoms with Gasteiger partial charge in [-0.25, -0.2) is 4.79 Å². The number of rotatable bonds is 6. The Kier molecular flexibility index (Phi) is 7.29. The molecule has 26 heavy (non-hydrogen) atoms. The van der Waals surface area contributed by atoms with Crippen LogP contribution in [0.3, 0.4) is 0 Å². The Morgan fingerprint density at radius 1 is 1.27 bits per heavy atom. The average Bonchev–Trinajstić information content (AvgIpc) is 2.61. The van der Waals surface area contributed by atoms with Crippen LogP contribution >= 0.6 is 0 Å². The number of carbonyl (C=O) groups is 1. The van der Waals surface area contributed by atoms with Crippen molar-refractivity contribution in [3.05, 3.63) is 29.8 Å². The first-order chi connectivity index (χ1) is 12.3. The molecule has 1 aromatic rings. The van der Waals surface area contributed by atoms with Gasteiger partial charge in [0.05, 0.1) is 13.2 Å². The van der Waals surface area contributed by atoms with Crippen LogP contribution in [0.4, 0.5) is 4.79 Å². The fraction of sp³-hybridized carbons (Fsp3) is 0.650. The number of hydrogen-bond donors (Lipinski definition) is 2. The van der Waals surface area contributed by atoms with Gasteiger partial charge in [-0.3, -0.25) is 0 Å². The van der Waals surface area contributed by atoms with Crippen molar-refractivity contribution in [1.82, 2.24) is 10.2 Å². The number of nitrogens with zero attached hydrogens (tertiary/aromatic N) is 1. The summed E-state index contributed by atoms with van der Waals surface area (Å²) in [5, 5.41) is 13.7. The maximum atomic E-state index is 12.1. The molecule has 1 amide bonds. The molecular weight excluding hydrogens is 332 g/mol. The first-order valence-electron chi connectivity index (χ1n) is 9.28. The molecule has 0 radical (unpaired) electrons. The number of aliphatic hydroxyl groups excluding tert-OH is 1. The first kappa shape index (κ1) is 20.5. The average molecular weight is 364 g/mol. The van der Waals surface area contributed by atoms with E-state index in [9.17, 15) is 9.90 Å². The van der Waals surface area contributed by atoms with E-state index >= 15 is 0 Å². The molecule has 1 unspecified atom stereocenters. The van der Waals surface area contributed by atoms with E-state index in [1.807, 2.05) is 45.0 Å². The summed E-state index contributed by atoms with van der Waals surface area (Å²) >= 11 is 0. The van der Waals surface area contributed by atoms with E-state index in [0.29, 0.717) is 26.2 Å². The summed E-state index contributed by atoms with van der Waals surface area (Å²) in [5.41, 5.74) is 0.677. The van der Waals surface area contributed by atoms with E-state index in [2.05, 4.69) is 5.32 Å². The van der Waals surface area contributed by atoms with Crippen LogP contribution in [0.5, 0.6) is 5.75 Å². The number of carbonyl (C=O) groups excluding carboxylic acids is 1. The van der Waals surface area contributed by atoms with Gasteiger partial charge in [-0.1, -0.05) is 12.1 Å². The van der Waals surface area contributed by atoms with E-state index in [-0.39, 0.29) is 12.0 Å². The Hall–Kier alpha value is -1.79. The maximum absolute atomic E-state index is 12.1. The summed E-state index contributed by atoms with van der Waals surface area (Å²) < 4.78 is 10.6. The van der Waals surface area contributed by atoms with Gasteiger partial charge in [-0.05, 0) is 57.2 Å². The molecule has 0 bridgehead atoms. The lowest BCUT2D eigenvalue weighted by atomic mass is 9.91. The Morgan fingerprint density at radius 3 is 2.42 bits per heavy atom. The van der Waals surface area contributed by atoms with Gasteiger partial charge < -0.3 is 24.8 Å². The number of methoxy groups -OCH3 is 1. The van der Waals surface area contributed by atoms with Crippen LogP contribution in [0, 0.1) is 5.92 Å². The summed E-state index contributed by atoms with van der Waals surface area (Å²) in [6, 6.07) is 7.88. The highest BCUT2D eigenvalue weighted by molar-refractivity contribution is 5.68. The highest BCUT2D eigenvalue weighted by Crippen LogP contribution is 2.22. The highest BCUT2D eigenvalue weighted by atomic mass is 16.6. The molecule has 6 heteroatoms. The number of benzene rings is 1. The number of likely N-dealkylation sites (tertiary alicyclic amines) is 1. The molecule has 1 aromatic carbocycles. The lowest BCUT2D eigenvalue weighted by Crippen LogP contribution is -2.45. The van der Waals surface area contributed by atoms with Crippen LogP contribution in [0.1, 0.15) is 39.2 Å². The number of hydrogen-bond acceptors (Lipinski definition) is 5. The van der Waals surface area contributed by atoms with Crippen LogP contribution in [0.25, 0.3) is 0 Å². The second kappa shape index (κ2) is 9.24. The zero-order valence-electron chi connectivity index (χ0n) is 16.3. The zero-order valence-corrected chi connectivity index (χ0v) is 16.3. The minimum atomic E-state index is -0.473. The molecule has 1 aliphatic rings. The molecular formula is C20H32N2O4. The van der Waals surface area contributed by atoms with Gasteiger partial charge in [0.15, 0.2) is 0 Å². The molecule has 1 heterocycles. The second-order valence-corrected chi connectivity index (χ2v) is 7.85. The maximum Gasteiger partial charge on any atom is 0.410 e. The van der Waals surface area contributed by atoms with E-state index in [4.69, 9.17) is 9.47 Å². The number of piperidine rings is 1. The second-order valence-electron chi connectivity index (χ2n) is 7.85. The largest absolute Gasteiger partial charge is 0.497 e. The van der Waals surface area contributed by atoms with E-state index in [1.165, 1.54) is 0 Å². The monoisotopic (exact) mass is 364 g/mol. The molecule has 0 spiro atoms. The standard InChI is InChI=1S/C20H32N2O4/c1-20(2,3)26-19(24)22-11-9-16(10-12-22)18(23)14-21-13-15-5-7-17(25-4)8-6-15/h5-8,16,18,21,23H,9-14H2,1-4H3. The Bertz CT molecular complexity index is 560. The molecule has 2 rings (SSSR count). The minimum absolute atomic E-state index is 0.206.